The van der Waals surface area contributed by atoms with Gasteiger partial charge in [-0.3, -0.25) is 0 Å². The first-order chi connectivity index (χ1) is 8.86. The molecule has 100 valence electrons. The van der Waals surface area contributed by atoms with Gasteiger partial charge in [0.05, 0.1) is 0 Å². The molecule has 0 spiro atoms. The third kappa shape index (κ3) is 3.05. The van der Waals surface area contributed by atoms with Crippen molar-refractivity contribution in [2.45, 2.75) is 45.6 Å². The molecule has 1 N–H and O–H groups in total. The van der Waals surface area contributed by atoms with Gasteiger partial charge in [-0.05, 0) is 43.9 Å². The SMILES string of the molecule is CCCNC(CC)c1ccccc1N1CCCC1. The maximum Gasteiger partial charge on any atom is 0.0414 e. The molecule has 1 aromatic carbocycles. The van der Waals surface area contributed by atoms with E-state index >= 15 is 0 Å². The Labute approximate surface area is 111 Å². The quantitative estimate of drug-likeness (QED) is 0.822. The molecule has 1 heterocycles. The van der Waals surface area contributed by atoms with E-state index in [-0.39, 0.29) is 0 Å². The lowest BCUT2D eigenvalue weighted by atomic mass is 10.0. The first-order valence-electron chi connectivity index (χ1n) is 7.44. The van der Waals surface area contributed by atoms with Crippen LogP contribution in [0.25, 0.3) is 0 Å². The van der Waals surface area contributed by atoms with Gasteiger partial charge in [-0.25, -0.2) is 0 Å². The lowest BCUT2D eigenvalue weighted by Crippen LogP contribution is -2.25. The minimum absolute atomic E-state index is 0.502. The van der Waals surface area contributed by atoms with Crippen molar-refractivity contribution >= 4 is 5.69 Å². The molecule has 0 aliphatic carbocycles. The fourth-order valence-corrected chi connectivity index (χ4v) is 2.82. The van der Waals surface area contributed by atoms with Gasteiger partial charge in [0.25, 0.3) is 0 Å². The van der Waals surface area contributed by atoms with E-state index in [4.69, 9.17) is 0 Å². The Kier molecular flexibility index (Phi) is 5.06. The molecule has 1 aromatic rings. The maximum atomic E-state index is 3.67. The van der Waals surface area contributed by atoms with Crippen LogP contribution < -0.4 is 10.2 Å². The van der Waals surface area contributed by atoms with Gasteiger partial charge in [-0.2, -0.15) is 0 Å². The molecule has 2 heteroatoms. The Balaban J connectivity index is 2.19. The summed E-state index contributed by atoms with van der Waals surface area (Å²) < 4.78 is 0. The van der Waals surface area contributed by atoms with Crippen LogP contribution in [0.1, 0.15) is 51.1 Å². The molecular weight excluding hydrogens is 220 g/mol. The molecule has 0 amide bonds. The van der Waals surface area contributed by atoms with Crippen molar-refractivity contribution in [2.75, 3.05) is 24.5 Å². The molecule has 18 heavy (non-hydrogen) atoms. The average molecular weight is 246 g/mol. The summed E-state index contributed by atoms with van der Waals surface area (Å²) in [5, 5.41) is 3.67. The van der Waals surface area contributed by atoms with Gasteiger partial charge in [0.1, 0.15) is 0 Å². The second-order valence-electron chi connectivity index (χ2n) is 5.17. The zero-order valence-corrected chi connectivity index (χ0v) is 11.8. The van der Waals surface area contributed by atoms with Crippen molar-refractivity contribution in [1.82, 2.24) is 5.32 Å². The van der Waals surface area contributed by atoms with Gasteiger partial charge in [0, 0.05) is 24.8 Å². The Bertz CT molecular complexity index is 356. The van der Waals surface area contributed by atoms with Gasteiger partial charge in [-0.15, -0.1) is 0 Å². The summed E-state index contributed by atoms with van der Waals surface area (Å²) >= 11 is 0. The summed E-state index contributed by atoms with van der Waals surface area (Å²) in [7, 11) is 0. The fourth-order valence-electron chi connectivity index (χ4n) is 2.82. The Morgan fingerprint density at radius 2 is 1.89 bits per heavy atom. The van der Waals surface area contributed by atoms with E-state index in [0.717, 1.165) is 13.0 Å². The van der Waals surface area contributed by atoms with Gasteiger partial charge in [0.2, 0.25) is 0 Å². The number of benzene rings is 1. The first-order valence-corrected chi connectivity index (χ1v) is 7.44. The summed E-state index contributed by atoms with van der Waals surface area (Å²) in [4.78, 5) is 2.55. The van der Waals surface area contributed by atoms with Crippen LogP contribution in [-0.4, -0.2) is 19.6 Å². The Morgan fingerprint density at radius 1 is 1.17 bits per heavy atom. The van der Waals surface area contributed by atoms with Crippen molar-refractivity contribution < 1.29 is 0 Å². The van der Waals surface area contributed by atoms with Crippen LogP contribution in [0.4, 0.5) is 5.69 Å². The fraction of sp³-hybridized carbons (Fsp3) is 0.625. The molecule has 0 saturated carbocycles. The van der Waals surface area contributed by atoms with E-state index in [2.05, 4.69) is 48.3 Å². The second kappa shape index (κ2) is 6.79. The number of anilines is 1. The van der Waals surface area contributed by atoms with Crippen LogP contribution in [0, 0.1) is 0 Å². The standard InChI is InChI=1S/C16H26N2/c1-3-11-17-15(4-2)14-9-5-6-10-16(14)18-12-7-8-13-18/h5-6,9-10,15,17H,3-4,7-8,11-13H2,1-2H3. The smallest absolute Gasteiger partial charge is 0.0414 e. The average Bonchev–Trinajstić information content (AvgIpc) is 2.94. The number of rotatable bonds is 6. The summed E-state index contributed by atoms with van der Waals surface area (Å²) in [6.45, 7) is 8.05. The molecule has 1 atom stereocenters. The number of para-hydroxylation sites is 1. The van der Waals surface area contributed by atoms with Gasteiger partial charge < -0.3 is 10.2 Å². The molecule has 0 bridgehead atoms. The van der Waals surface area contributed by atoms with Gasteiger partial charge in [0.15, 0.2) is 0 Å². The molecule has 2 nitrogen and oxygen atoms in total. The van der Waals surface area contributed by atoms with Crippen molar-refractivity contribution in [3.63, 3.8) is 0 Å². The molecule has 1 unspecified atom stereocenters. The van der Waals surface area contributed by atoms with E-state index in [1.807, 2.05) is 0 Å². The van der Waals surface area contributed by atoms with E-state index in [1.54, 1.807) is 0 Å². The lowest BCUT2D eigenvalue weighted by molar-refractivity contribution is 0.518. The molecule has 2 rings (SSSR count). The van der Waals surface area contributed by atoms with Crippen molar-refractivity contribution in [3.8, 4) is 0 Å². The Morgan fingerprint density at radius 3 is 2.56 bits per heavy atom. The summed E-state index contributed by atoms with van der Waals surface area (Å²) in [5.41, 5.74) is 2.93. The molecular formula is C16H26N2. The van der Waals surface area contributed by atoms with Crippen molar-refractivity contribution in [1.29, 1.82) is 0 Å². The van der Waals surface area contributed by atoms with Crippen LogP contribution in [-0.2, 0) is 0 Å². The van der Waals surface area contributed by atoms with Crippen LogP contribution >= 0.6 is 0 Å². The molecule has 1 fully saturated rings. The highest BCUT2D eigenvalue weighted by molar-refractivity contribution is 5.55. The highest BCUT2D eigenvalue weighted by Crippen LogP contribution is 2.30. The van der Waals surface area contributed by atoms with E-state index in [9.17, 15) is 0 Å². The van der Waals surface area contributed by atoms with Crippen LogP contribution in [0.5, 0.6) is 0 Å². The highest BCUT2D eigenvalue weighted by atomic mass is 15.1. The van der Waals surface area contributed by atoms with E-state index in [0.29, 0.717) is 6.04 Å². The highest BCUT2D eigenvalue weighted by Gasteiger charge is 2.19. The summed E-state index contributed by atoms with van der Waals surface area (Å²) in [6, 6.07) is 9.43. The van der Waals surface area contributed by atoms with Crippen molar-refractivity contribution in [2.24, 2.45) is 0 Å². The monoisotopic (exact) mass is 246 g/mol. The third-order valence-corrected chi connectivity index (χ3v) is 3.81. The largest absolute Gasteiger partial charge is 0.371 e. The second-order valence-corrected chi connectivity index (χ2v) is 5.17. The molecule has 1 saturated heterocycles. The zero-order chi connectivity index (χ0) is 12.8. The minimum atomic E-state index is 0.502. The molecule has 0 aromatic heterocycles. The number of hydrogen-bond donors (Lipinski definition) is 1. The topological polar surface area (TPSA) is 15.3 Å². The van der Waals surface area contributed by atoms with Crippen molar-refractivity contribution in [3.05, 3.63) is 29.8 Å². The predicted octanol–water partition coefficient (Wildman–Crippen LogP) is 3.74. The molecule has 0 radical (unpaired) electrons. The number of nitrogens with zero attached hydrogens (tertiary/aromatic N) is 1. The molecule has 1 aliphatic rings. The summed E-state index contributed by atoms with van der Waals surface area (Å²) in [6.07, 6.45) is 5.04. The predicted molar refractivity (Wildman–Crippen MR) is 79.2 cm³/mol. The number of hydrogen-bond acceptors (Lipinski definition) is 2. The third-order valence-electron chi connectivity index (χ3n) is 3.81. The van der Waals surface area contributed by atoms with Gasteiger partial charge in [-0.1, -0.05) is 32.0 Å². The normalized spacial score (nSPS) is 17.1. The van der Waals surface area contributed by atoms with E-state index in [1.165, 1.54) is 43.6 Å². The minimum Gasteiger partial charge on any atom is -0.371 e. The first kappa shape index (κ1) is 13.4. The lowest BCUT2D eigenvalue weighted by Gasteiger charge is -2.26. The van der Waals surface area contributed by atoms with Crippen LogP contribution in [0.3, 0.4) is 0 Å². The van der Waals surface area contributed by atoms with Crippen LogP contribution in [0.2, 0.25) is 0 Å². The maximum absolute atomic E-state index is 3.67. The van der Waals surface area contributed by atoms with Gasteiger partial charge >= 0.3 is 0 Å². The Hall–Kier alpha value is -1.02. The summed E-state index contributed by atoms with van der Waals surface area (Å²) in [5.74, 6) is 0. The van der Waals surface area contributed by atoms with Crippen LogP contribution in [0.15, 0.2) is 24.3 Å². The number of nitrogens with one attached hydrogen (secondary N) is 1. The zero-order valence-electron chi connectivity index (χ0n) is 11.8. The molecule has 1 aliphatic heterocycles. The van der Waals surface area contributed by atoms with E-state index < -0.39 is 0 Å².